The van der Waals surface area contributed by atoms with Crippen molar-refractivity contribution in [1.29, 1.82) is 0 Å². The molecule has 3 amide bonds. The van der Waals surface area contributed by atoms with Gasteiger partial charge in [0.25, 0.3) is 17.7 Å². The highest BCUT2D eigenvalue weighted by molar-refractivity contribution is 7.14. The lowest BCUT2D eigenvalue weighted by atomic mass is 9.90. The molecule has 1 atom stereocenters. The van der Waals surface area contributed by atoms with Crippen LogP contribution < -0.4 is 10.2 Å². The molecule has 150 valence electrons. The molecule has 0 spiro atoms. The number of anilines is 2. The average molecular weight is 417 g/mol. The molecule has 6 heteroatoms. The second-order valence-electron chi connectivity index (χ2n) is 7.90. The van der Waals surface area contributed by atoms with Crippen molar-refractivity contribution in [2.75, 3.05) is 10.2 Å². The summed E-state index contributed by atoms with van der Waals surface area (Å²) in [5, 5.41) is 2.92. The molecule has 2 aliphatic rings. The Morgan fingerprint density at radius 2 is 1.77 bits per heavy atom. The van der Waals surface area contributed by atoms with Crippen LogP contribution in [0.15, 0.2) is 54.6 Å². The summed E-state index contributed by atoms with van der Waals surface area (Å²) < 4.78 is 0. The van der Waals surface area contributed by atoms with Gasteiger partial charge in [-0.05, 0) is 67.1 Å². The van der Waals surface area contributed by atoms with Gasteiger partial charge in [-0.2, -0.15) is 0 Å². The fraction of sp³-hybridized carbons (Fsp3) is 0.208. The van der Waals surface area contributed by atoms with Crippen molar-refractivity contribution in [1.82, 2.24) is 0 Å². The number of imide groups is 1. The molecular formula is C24H20N2O3S. The summed E-state index contributed by atoms with van der Waals surface area (Å²) in [6.07, 6.45) is 3.22. The lowest BCUT2D eigenvalue weighted by Gasteiger charge is -2.16. The lowest BCUT2D eigenvalue weighted by molar-refractivity contribution is 0.0925. The number of thiophene rings is 1. The van der Waals surface area contributed by atoms with Crippen LogP contribution in [0.2, 0.25) is 0 Å². The molecule has 0 bridgehead atoms. The molecule has 0 saturated heterocycles. The van der Waals surface area contributed by atoms with Crippen molar-refractivity contribution in [2.45, 2.75) is 26.2 Å². The molecule has 0 fully saturated rings. The van der Waals surface area contributed by atoms with Crippen LogP contribution in [0.5, 0.6) is 0 Å². The van der Waals surface area contributed by atoms with Crippen molar-refractivity contribution >= 4 is 40.4 Å². The van der Waals surface area contributed by atoms with Gasteiger partial charge < -0.3 is 5.32 Å². The topological polar surface area (TPSA) is 66.5 Å². The number of aryl methyl sites for hydroxylation is 1. The van der Waals surface area contributed by atoms with Gasteiger partial charge in [0.05, 0.1) is 21.7 Å². The first-order valence-corrected chi connectivity index (χ1v) is 10.8. The molecule has 1 aromatic heterocycles. The number of nitrogens with one attached hydrogen (secondary N) is 1. The number of hydrogen-bond donors (Lipinski definition) is 1. The molecule has 5 nitrogen and oxygen atoms in total. The minimum atomic E-state index is -0.348. The molecule has 5 rings (SSSR count). The third-order valence-corrected chi connectivity index (χ3v) is 6.95. The fourth-order valence-electron chi connectivity index (χ4n) is 4.16. The Hall–Kier alpha value is -3.25. The van der Waals surface area contributed by atoms with Gasteiger partial charge in [0.1, 0.15) is 0 Å². The molecule has 1 aliphatic carbocycles. The van der Waals surface area contributed by atoms with E-state index in [0.717, 1.165) is 24.2 Å². The van der Waals surface area contributed by atoms with Crippen LogP contribution in [0.25, 0.3) is 0 Å². The predicted molar refractivity (Wildman–Crippen MR) is 117 cm³/mol. The van der Waals surface area contributed by atoms with Gasteiger partial charge in [-0.3, -0.25) is 14.4 Å². The second kappa shape index (κ2) is 7.22. The number of fused-ring (bicyclic) bond motifs is 2. The molecule has 1 unspecified atom stereocenters. The maximum Gasteiger partial charge on any atom is 0.266 e. The third kappa shape index (κ3) is 3.13. The molecule has 1 aliphatic heterocycles. The van der Waals surface area contributed by atoms with E-state index < -0.39 is 0 Å². The smallest absolute Gasteiger partial charge is 0.266 e. The number of nitrogens with zero attached hydrogens (tertiary/aromatic N) is 1. The SMILES string of the molecule is CC1CCc2sc(C(=O)Nc3cccc(N4C(=O)c5ccccc5C4=O)c3)cc2C1. The minimum absolute atomic E-state index is 0.165. The van der Waals surface area contributed by atoms with E-state index in [1.165, 1.54) is 10.4 Å². The maximum atomic E-state index is 12.8. The number of hydrogen-bond acceptors (Lipinski definition) is 4. The Morgan fingerprint density at radius 3 is 2.50 bits per heavy atom. The maximum absolute atomic E-state index is 12.8. The van der Waals surface area contributed by atoms with Crippen molar-refractivity contribution in [3.05, 3.63) is 81.0 Å². The van der Waals surface area contributed by atoms with Gasteiger partial charge in [0, 0.05) is 10.6 Å². The molecule has 2 heterocycles. The second-order valence-corrected chi connectivity index (χ2v) is 9.04. The van der Waals surface area contributed by atoms with E-state index >= 15 is 0 Å². The Bertz CT molecular complexity index is 1160. The van der Waals surface area contributed by atoms with Crippen molar-refractivity contribution in [2.24, 2.45) is 5.92 Å². The van der Waals surface area contributed by atoms with Gasteiger partial charge in [-0.15, -0.1) is 11.3 Å². The van der Waals surface area contributed by atoms with E-state index in [9.17, 15) is 14.4 Å². The zero-order valence-electron chi connectivity index (χ0n) is 16.5. The van der Waals surface area contributed by atoms with E-state index in [1.807, 2.05) is 6.07 Å². The van der Waals surface area contributed by atoms with E-state index in [1.54, 1.807) is 59.9 Å². The first-order valence-electron chi connectivity index (χ1n) is 10.0. The summed E-state index contributed by atoms with van der Waals surface area (Å²) in [5.41, 5.74) is 3.07. The molecule has 3 aromatic rings. The quantitative estimate of drug-likeness (QED) is 0.616. The summed E-state index contributed by atoms with van der Waals surface area (Å²) in [4.78, 5) is 41.4. The first kappa shape index (κ1) is 18.8. The predicted octanol–water partition coefficient (Wildman–Crippen LogP) is 4.93. The Labute approximate surface area is 178 Å². The van der Waals surface area contributed by atoms with Crippen LogP contribution in [-0.4, -0.2) is 17.7 Å². The highest BCUT2D eigenvalue weighted by Crippen LogP contribution is 2.33. The molecular weight excluding hydrogens is 396 g/mol. The molecule has 2 aromatic carbocycles. The van der Waals surface area contributed by atoms with Crippen LogP contribution in [0, 0.1) is 5.92 Å². The van der Waals surface area contributed by atoms with Crippen LogP contribution in [-0.2, 0) is 12.8 Å². The highest BCUT2D eigenvalue weighted by Gasteiger charge is 2.36. The van der Waals surface area contributed by atoms with Gasteiger partial charge in [-0.1, -0.05) is 25.1 Å². The molecule has 30 heavy (non-hydrogen) atoms. The van der Waals surface area contributed by atoms with Crippen molar-refractivity contribution < 1.29 is 14.4 Å². The van der Waals surface area contributed by atoms with E-state index in [0.29, 0.717) is 33.3 Å². The fourth-order valence-corrected chi connectivity index (χ4v) is 5.26. The Balaban J connectivity index is 1.38. The number of carbonyl (C=O) groups is 3. The monoisotopic (exact) mass is 416 g/mol. The summed E-state index contributed by atoms with van der Waals surface area (Å²) >= 11 is 1.56. The highest BCUT2D eigenvalue weighted by atomic mass is 32.1. The normalized spacial score (nSPS) is 17.6. The van der Waals surface area contributed by atoms with Crippen LogP contribution in [0.1, 0.15) is 54.2 Å². The molecule has 0 saturated carbocycles. The van der Waals surface area contributed by atoms with Crippen molar-refractivity contribution in [3.63, 3.8) is 0 Å². The van der Waals surface area contributed by atoms with Gasteiger partial charge in [0.15, 0.2) is 0 Å². The number of rotatable bonds is 3. The molecule has 0 radical (unpaired) electrons. The largest absolute Gasteiger partial charge is 0.321 e. The van der Waals surface area contributed by atoms with Gasteiger partial charge in [0.2, 0.25) is 0 Å². The summed E-state index contributed by atoms with van der Waals surface area (Å²) in [6.45, 7) is 2.24. The minimum Gasteiger partial charge on any atom is -0.321 e. The lowest BCUT2D eigenvalue weighted by Crippen LogP contribution is -2.29. The zero-order chi connectivity index (χ0) is 20.8. The van der Waals surface area contributed by atoms with Crippen LogP contribution in [0.3, 0.4) is 0 Å². The third-order valence-electron chi connectivity index (χ3n) is 5.71. The Kier molecular flexibility index (Phi) is 4.51. The Morgan fingerprint density at radius 1 is 1.03 bits per heavy atom. The van der Waals surface area contributed by atoms with E-state index in [-0.39, 0.29) is 17.7 Å². The van der Waals surface area contributed by atoms with Crippen molar-refractivity contribution in [3.8, 4) is 0 Å². The zero-order valence-corrected chi connectivity index (χ0v) is 17.3. The van der Waals surface area contributed by atoms with Gasteiger partial charge in [-0.25, -0.2) is 4.90 Å². The van der Waals surface area contributed by atoms with E-state index in [2.05, 4.69) is 12.2 Å². The van der Waals surface area contributed by atoms with E-state index in [4.69, 9.17) is 0 Å². The first-order chi connectivity index (χ1) is 14.5. The van der Waals surface area contributed by atoms with Gasteiger partial charge >= 0.3 is 0 Å². The molecule has 1 N–H and O–H groups in total. The standard InChI is InChI=1S/C24H20N2O3S/c1-14-9-10-20-15(11-14)12-21(30-20)22(27)25-16-5-4-6-17(13-16)26-23(28)18-7-2-3-8-19(18)24(26)29/h2-8,12-14H,9-11H2,1H3,(H,25,27). The summed E-state index contributed by atoms with van der Waals surface area (Å²) in [5.74, 6) is -0.209. The van der Waals surface area contributed by atoms with Crippen LogP contribution >= 0.6 is 11.3 Å². The summed E-state index contributed by atoms with van der Waals surface area (Å²) in [6, 6.07) is 15.6. The number of carbonyl (C=O) groups excluding carboxylic acids is 3. The average Bonchev–Trinajstić information content (AvgIpc) is 3.27. The summed E-state index contributed by atoms with van der Waals surface area (Å²) in [7, 11) is 0. The van der Waals surface area contributed by atoms with Crippen LogP contribution in [0.4, 0.5) is 11.4 Å². The number of amides is 3. The number of benzene rings is 2.